The summed E-state index contributed by atoms with van der Waals surface area (Å²) in [6, 6.07) is 7.40. The average molecular weight is 319 g/mol. The van der Waals surface area contributed by atoms with Crippen molar-refractivity contribution in [3.8, 4) is 5.75 Å². The van der Waals surface area contributed by atoms with Crippen LogP contribution in [0, 0.1) is 5.92 Å². The van der Waals surface area contributed by atoms with Crippen molar-refractivity contribution in [2.75, 3.05) is 46.2 Å². The maximum Gasteiger partial charge on any atom is 0.236 e. The van der Waals surface area contributed by atoms with Crippen LogP contribution in [0.4, 0.5) is 5.69 Å². The summed E-state index contributed by atoms with van der Waals surface area (Å²) in [6.07, 6.45) is 1.53. The van der Waals surface area contributed by atoms with Crippen molar-refractivity contribution in [3.05, 3.63) is 24.3 Å². The second-order valence-electron chi connectivity index (χ2n) is 6.03. The zero-order valence-corrected chi connectivity index (χ0v) is 14.0. The molecule has 2 rings (SSSR count). The number of para-hydroxylation sites is 2. The van der Waals surface area contributed by atoms with Crippen molar-refractivity contribution in [1.82, 2.24) is 9.80 Å². The molecule has 0 aliphatic carbocycles. The molecule has 0 radical (unpaired) electrons. The molecule has 126 valence electrons. The molecule has 23 heavy (non-hydrogen) atoms. The summed E-state index contributed by atoms with van der Waals surface area (Å²) >= 11 is 0. The minimum absolute atomic E-state index is 0.0214. The van der Waals surface area contributed by atoms with Crippen LogP contribution >= 0.6 is 0 Å². The zero-order valence-electron chi connectivity index (χ0n) is 14.0. The number of anilines is 1. The summed E-state index contributed by atoms with van der Waals surface area (Å²) in [7, 11) is 5.11. The van der Waals surface area contributed by atoms with E-state index in [0.717, 1.165) is 25.9 Å². The van der Waals surface area contributed by atoms with E-state index in [4.69, 9.17) is 4.74 Å². The molecule has 6 heteroatoms. The summed E-state index contributed by atoms with van der Waals surface area (Å²) in [5, 5.41) is 2.95. The Bertz CT molecular complexity index is 552. The van der Waals surface area contributed by atoms with Crippen molar-refractivity contribution in [1.29, 1.82) is 0 Å². The van der Waals surface area contributed by atoms with Gasteiger partial charge in [0, 0.05) is 20.0 Å². The van der Waals surface area contributed by atoms with Crippen LogP contribution in [0.15, 0.2) is 24.3 Å². The molecule has 1 heterocycles. The van der Waals surface area contributed by atoms with Gasteiger partial charge in [0.15, 0.2) is 0 Å². The molecule has 1 aliphatic rings. The van der Waals surface area contributed by atoms with Crippen LogP contribution in [0.25, 0.3) is 0 Å². The molecule has 0 spiro atoms. The number of hydrogen-bond donors (Lipinski definition) is 1. The van der Waals surface area contributed by atoms with E-state index < -0.39 is 0 Å². The average Bonchev–Trinajstić information content (AvgIpc) is 2.55. The van der Waals surface area contributed by atoms with Crippen LogP contribution in [0.5, 0.6) is 5.75 Å². The van der Waals surface area contributed by atoms with Crippen LogP contribution < -0.4 is 10.1 Å². The van der Waals surface area contributed by atoms with Gasteiger partial charge in [-0.2, -0.15) is 0 Å². The number of nitrogens with zero attached hydrogens (tertiary/aromatic N) is 2. The number of likely N-dealkylation sites (N-methyl/N-ethyl adjacent to an activating group) is 1. The van der Waals surface area contributed by atoms with Crippen molar-refractivity contribution in [2.45, 2.75) is 12.8 Å². The number of hydrogen-bond acceptors (Lipinski definition) is 4. The first-order chi connectivity index (χ1) is 11.0. The van der Waals surface area contributed by atoms with Gasteiger partial charge >= 0.3 is 0 Å². The van der Waals surface area contributed by atoms with Gasteiger partial charge in [0.25, 0.3) is 0 Å². The predicted molar refractivity (Wildman–Crippen MR) is 89.5 cm³/mol. The summed E-state index contributed by atoms with van der Waals surface area (Å²) in [6.45, 7) is 1.96. The third-order valence-corrected chi connectivity index (χ3v) is 4.18. The molecule has 0 aromatic heterocycles. The Morgan fingerprint density at radius 3 is 2.52 bits per heavy atom. The van der Waals surface area contributed by atoms with Crippen LogP contribution in [-0.2, 0) is 9.59 Å². The van der Waals surface area contributed by atoms with Crippen LogP contribution in [-0.4, -0.2) is 62.5 Å². The van der Waals surface area contributed by atoms with E-state index in [9.17, 15) is 9.59 Å². The predicted octanol–water partition coefficient (Wildman–Crippen LogP) is 1.43. The van der Waals surface area contributed by atoms with E-state index in [1.54, 1.807) is 26.1 Å². The van der Waals surface area contributed by atoms with Crippen molar-refractivity contribution >= 4 is 17.5 Å². The number of ether oxygens (including phenoxy) is 1. The highest BCUT2D eigenvalue weighted by Gasteiger charge is 2.26. The molecule has 0 unspecified atom stereocenters. The van der Waals surface area contributed by atoms with Gasteiger partial charge in [-0.3, -0.25) is 14.5 Å². The highest BCUT2D eigenvalue weighted by Crippen LogP contribution is 2.25. The molecule has 1 N–H and O–H groups in total. The maximum atomic E-state index is 12.4. The molecular weight excluding hydrogens is 294 g/mol. The lowest BCUT2D eigenvalue weighted by Crippen LogP contribution is -2.43. The number of carbonyl (C=O) groups excluding carboxylic acids is 2. The molecule has 1 fully saturated rings. The van der Waals surface area contributed by atoms with Gasteiger partial charge in [0.05, 0.1) is 19.3 Å². The Balaban J connectivity index is 1.85. The van der Waals surface area contributed by atoms with E-state index >= 15 is 0 Å². The lowest BCUT2D eigenvalue weighted by atomic mass is 9.95. The highest BCUT2D eigenvalue weighted by atomic mass is 16.5. The second-order valence-corrected chi connectivity index (χ2v) is 6.03. The second kappa shape index (κ2) is 7.97. The smallest absolute Gasteiger partial charge is 0.236 e. The summed E-state index contributed by atoms with van der Waals surface area (Å²) < 4.78 is 5.25. The molecule has 2 amide bonds. The number of amides is 2. The van der Waals surface area contributed by atoms with E-state index in [1.165, 1.54) is 0 Å². The molecule has 1 saturated heterocycles. The van der Waals surface area contributed by atoms with Crippen LogP contribution in [0.3, 0.4) is 0 Å². The van der Waals surface area contributed by atoms with Crippen molar-refractivity contribution < 1.29 is 14.3 Å². The first-order valence-electron chi connectivity index (χ1n) is 7.87. The van der Waals surface area contributed by atoms with Gasteiger partial charge in [-0.15, -0.1) is 0 Å². The summed E-state index contributed by atoms with van der Waals surface area (Å²) in [5.41, 5.74) is 0.699. The first kappa shape index (κ1) is 17.3. The van der Waals surface area contributed by atoms with Gasteiger partial charge in [-0.05, 0) is 38.1 Å². The number of likely N-dealkylation sites (tertiary alicyclic amines) is 1. The fourth-order valence-electron chi connectivity index (χ4n) is 2.67. The molecule has 0 bridgehead atoms. The van der Waals surface area contributed by atoms with Gasteiger partial charge in [-0.1, -0.05) is 12.1 Å². The van der Waals surface area contributed by atoms with E-state index in [1.807, 2.05) is 24.3 Å². The summed E-state index contributed by atoms with van der Waals surface area (Å²) in [4.78, 5) is 27.8. The molecule has 0 saturated carbocycles. The number of nitrogens with one attached hydrogen (secondary N) is 1. The van der Waals surface area contributed by atoms with Gasteiger partial charge in [0.2, 0.25) is 11.8 Å². The molecule has 1 aromatic rings. The fraction of sp³-hybridized carbons (Fsp3) is 0.529. The van der Waals surface area contributed by atoms with Gasteiger partial charge < -0.3 is 15.0 Å². The Morgan fingerprint density at radius 1 is 1.26 bits per heavy atom. The first-order valence-corrected chi connectivity index (χ1v) is 7.87. The third kappa shape index (κ3) is 4.69. The molecular formula is C17H25N3O3. The Labute approximate surface area is 137 Å². The van der Waals surface area contributed by atoms with Crippen LogP contribution in [0.2, 0.25) is 0 Å². The van der Waals surface area contributed by atoms with E-state index in [2.05, 4.69) is 10.2 Å². The number of methoxy groups -OCH3 is 1. The number of carbonyl (C=O) groups is 2. The summed E-state index contributed by atoms with van der Waals surface area (Å²) in [5.74, 6) is 0.760. The Morgan fingerprint density at radius 2 is 1.91 bits per heavy atom. The molecule has 1 aliphatic heterocycles. The van der Waals surface area contributed by atoms with Crippen molar-refractivity contribution in [2.24, 2.45) is 5.92 Å². The Kier molecular flexibility index (Phi) is 5.98. The minimum Gasteiger partial charge on any atom is -0.495 e. The lowest BCUT2D eigenvalue weighted by molar-refractivity contribution is -0.130. The molecule has 6 nitrogen and oxygen atoms in total. The van der Waals surface area contributed by atoms with E-state index in [-0.39, 0.29) is 17.7 Å². The highest BCUT2D eigenvalue weighted by molar-refractivity contribution is 5.94. The SMILES string of the molecule is COc1ccccc1NC(=O)C1CCN(CC(=O)N(C)C)CC1. The van der Waals surface area contributed by atoms with Gasteiger partial charge in [-0.25, -0.2) is 0 Å². The minimum atomic E-state index is -0.0226. The standard InChI is InChI=1S/C17H25N3O3/c1-19(2)16(21)12-20-10-8-13(9-11-20)17(22)18-14-6-4-5-7-15(14)23-3/h4-7,13H,8-12H2,1-3H3,(H,18,22). The zero-order chi connectivity index (χ0) is 16.8. The molecule has 0 atom stereocenters. The number of benzene rings is 1. The maximum absolute atomic E-state index is 12.4. The van der Waals surface area contributed by atoms with Crippen molar-refractivity contribution in [3.63, 3.8) is 0 Å². The van der Waals surface area contributed by atoms with E-state index in [0.29, 0.717) is 18.0 Å². The number of piperidine rings is 1. The largest absolute Gasteiger partial charge is 0.495 e. The fourth-order valence-corrected chi connectivity index (χ4v) is 2.67. The normalized spacial score (nSPS) is 16.0. The third-order valence-electron chi connectivity index (χ3n) is 4.18. The monoisotopic (exact) mass is 319 g/mol. The van der Waals surface area contributed by atoms with Gasteiger partial charge in [0.1, 0.15) is 5.75 Å². The number of rotatable bonds is 5. The molecule has 1 aromatic carbocycles. The topological polar surface area (TPSA) is 61.9 Å². The lowest BCUT2D eigenvalue weighted by Gasteiger charge is -2.31. The Hall–Kier alpha value is -2.08. The quantitative estimate of drug-likeness (QED) is 0.892. The van der Waals surface area contributed by atoms with Crippen LogP contribution in [0.1, 0.15) is 12.8 Å².